The number of carbonyl (C=O) groups excluding carboxylic acids is 2. The quantitative estimate of drug-likeness (QED) is 0.476. The van der Waals surface area contributed by atoms with Crippen molar-refractivity contribution in [2.45, 2.75) is 47.1 Å². The highest BCUT2D eigenvalue weighted by Crippen LogP contribution is 2.43. The maximum Gasteiger partial charge on any atom is 0.303 e. The fourth-order valence-electron chi connectivity index (χ4n) is 3.23. The highest BCUT2D eigenvalue weighted by molar-refractivity contribution is 6.01. The van der Waals surface area contributed by atoms with Crippen molar-refractivity contribution in [2.75, 3.05) is 6.61 Å². The van der Waals surface area contributed by atoms with Crippen molar-refractivity contribution in [3.8, 4) is 11.5 Å². The fourth-order valence-corrected chi connectivity index (χ4v) is 3.23. The first-order valence-electron chi connectivity index (χ1n) is 9.31. The first kappa shape index (κ1) is 21.6. The summed E-state index contributed by atoms with van der Waals surface area (Å²) in [5, 5.41) is 8.86. The Bertz CT molecular complexity index is 821. The Kier molecular flexibility index (Phi) is 6.97. The van der Waals surface area contributed by atoms with Crippen molar-refractivity contribution in [1.29, 1.82) is 0 Å². The van der Waals surface area contributed by atoms with Gasteiger partial charge in [-0.15, -0.1) is 0 Å². The summed E-state index contributed by atoms with van der Waals surface area (Å²) in [4.78, 5) is 23.4. The van der Waals surface area contributed by atoms with Crippen LogP contribution in [0.1, 0.15) is 41.0 Å². The molecule has 0 spiro atoms. The predicted octanol–water partition coefficient (Wildman–Crippen LogP) is 4.52. The van der Waals surface area contributed by atoms with Gasteiger partial charge < -0.3 is 14.6 Å². The van der Waals surface area contributed by atoms with Gasteiger partial charge in [0, 0.05) is 13.3 Å². The molecule has 1 aliphatic carbocycles. The summed E-state index contributed by atoms with van der Waals surface area (Å²) in [6, 6.07) is 7.84. The number of aliphatic hydroxyl groups is 1. The van der Waals surface area contributed by atoms with Gasteiger partial charge in [-0.05, 0) is 42.5 Å². The van der Waals surface area contributed by atoms with Crippen molar-refractivity contribution in [1.82, 2.24) is 0 Å². The van der Waals surface area contributed by atoms with Crippen LogP contribution in [0.3, 0.4) is 0 Å². The molecular formula is C23H28O5. The Labute approximate surface area is 166 Å². The Morgan fingerprint density at radius 1 is 1.29 bits per heavy atom. The standard InChI is InChI=1S/C17H24O4.C6H4O/c1-11(8-9-18)6-7-14-12(2)16(20)15(21-13(3)19)10-17(14,4)5;1-2-4-6-5(3-1)7-6/h6-8,15,18H,9-10H2,1-5H3;1-4H. The van der Waals surface area contributed by atoms with Crippen LogP contribution in [0, 0.1) is 5.41 Å². The molecule has 5 nitrogen and oxygen atoms in total. The van der Waals surface area contributed by atoms with E-state index >= 15 is 0 Å². The van der Waals surface area contributed by atoms with E-state index < -0.39 is 12.1 Å². The van der Waals surface area contributed by atoms with Crippen molar-refractivity contribution in [3.05, 3.63) is 59.2 Å². The van der Waals surface area contributed by atoms with Crippen LogP contribution in [0.15, 0.2) is 59.2 Å². The zero-order chi connectivity index (χ0) is 20.9. The molecule has 1 aromatic rings. The average molecular weight is 384 g/mol. The number of benzene rings is 1. The van der Waals surface area contributed by atoms with Crippen LogP contribution in [0.2, 0.25) is 0 Å². The molecule has 5 heteroatoms. The summed E-state index contributed by atoms with van der Waals surface area (Å²) in [7, 11) is 0. The first-order chi connectivity index (χ1) is 13.2. The second kappa shape index (κ2) is 9.02. The number of ketones is 1. The normalized spacial score (nSPS) is 20.1. The molecule has 1 unspecified atom stereocenters. The lowest BCUT2D eigenvalue weighted by Gasteiger charge is -2.36. The number of fused-ring (bicyclic) bond motifs is 1. The topological polar surface area (TPSA) is 76.1 Å². The number of allylic oxidation sites excluding steroid dienone is 4. The molecule has 0 saturated carbocycles. The minimum atomic E-state index is -0.691. The smallest absolute Gasteiger partial charge is 0.303 e. The summed E-state index contributed by atoms with van der Waals surface area (Å²) in [6.07, 6.45) is 5.29. The lowest BCUT2D eigenvalue weighted by molar-refractivity contribution is -0.153. The van der Waals surface area contributed by atoms with E-state index in [4.69, 9.17) is 14.6 Å². The van der Waals surface area contributed by atoms with Gasteiger partial charge in [0.15, 0.2) is 23.4 Å². The van der Waals surface area contributed by atoms with Crippen molar-refractivity contribution in [3.63, 3.8) is 0 Å². The summed E-state index contributed by atoms with van der Waals surface area (Å²) in [5.74, 6) is 1.50. The Hall–Kier alpha value is -2.66. The van der Waals surface area contributed by atoms with Crippen LogP contribution in [0.4, 0.5) is 0 Å². The number of aliphatic hydroxyl groups excluding tert-OH is 1. The van der Waals surface area contributed by atoms with Crippen LogP contribution in [0.5, 0.6) is 11.5 Å². The van der Waals surface area contributed by atoms with Gasteiger partial charge in [0.2, 0.25) is 0 Å². The number of ether oxygens (including phenoxy) is 2. The molecule has 0 amide bonds. The summed E-state index contributed by atoms with van der Waals surface area (Å²) >= 11 is 0. The van der Waals surface area contributed by atoms with Crippen molar-refractivity contribution in [2.24, 2.45) is 5.41 Å². The summed E-state index contributed by atoms with van der Waals surface area (Å²) < 4.78 is 10.1. The molecule has 1 aliphatic heterocycles. The molecule has 150 valence electrons. The zero-order valence-electron chi connectivity index (χ0n) is 17.1. The minimum Gasteiger partial charge on any atom is -0.454 e. The zero-order valence-corrected chi connectivity index (χ0v) is 17.1. The molecule has 28 heavy (non-hydrogen) atoms. The van der Waals surface area contributed by atoms with Crippen LogP contribution >= 0.6 is 0 Å². The second-order valence-electron chi connectivity index (χ2n) is 7.60. The third-order valence-corrected chi connectivity index (χ3v) is 4.75. The number of esters is 1. The van der Waals surface area contributed by atoms with E-state index in [2.05, 4.69) is 0 Å². The molecule has 0 aromatic heterocycles. The van der Waals surface area contributed by atoms with Crippen LogP contribution in [-0.2, 0) is 14.3 Å². The molecule has 0 bridgehead atoms. The van der Waals surface area contributed by atoms with Crippen LogP contribution < -0.4 is 4.74 Å². The lowest BCUT2D eigenvalue weighted by Crippen LogP contribution is -2.38. The Morgan fingerprint density at radius 3 is 2.39 bits per heavy atom. The van der Waals surface area contributed by atoms with E-state index in [-0.39, 0.29) is 17.8 Å². The largest absolute Gasteiger partial charge is 0.454 e. The van der Waals surface area contributed by atoms with E-state index in [9.17, 15) is 9.59 Å². The Balaban J connectivity index is 0.000000327. The number of para-hydroxylation sites is 2. The fraction of sp³-hybridized carbons (Fsp3) is 0.391. The molecule has 1 N–H and O–H groups in total. The van der Waals surface area contributed by atoms with Crippen LogP contribution in [0.25, 0.3) is 0 Å². The minimum absolute atomic E-state index is 0.00888. The van der Waals surface area contributed by atoms with Gasteiger partial charge in [0.05, 0.1) is 6.61 Å². The van der Waals surface area contributed by atoms with Gasteiger partial charge in [-0.2, -0.15) is 0 Å². The molecule has 3 rings (SSSR count). The SMILES string of the molecule is CC(=O)OC1CC(C)(C)C(C=CC(C)=CCO)=C(C)C1=O.c1ccc2c(c1)O2. The third kappa shape index (κ3) is 5.67. The van der Waals surface area contributed by atoms with Gasteiger partial charge >= 0.3 is 5.97 Å². The molecule has 1 atom stereocenters. The van der Waals surface area contributed by atoms with E-state index in [0.29, 0.717) is 12.0 Å². The average Bonchev–Trinajstić information content (AvgIpc) is 3.39. The number of rotatable bonds is 4. The number of hydrogen-bond acceptors (Lipinski definition) is 5. The molecule has 1 heterocycles. The molecular weight excluding hydrogens is 356 g/mol. The molecule has 0 saturated heterocycles. The highest BCUT2D eigenvalue weighted by atomic mass is 16.6. The van der Waals surface area contributed by atoms with Gasteiger partial charge in [-0.3, -0.25) is 9.59 Å². The van der Waals surface area contributed by atoms with E-state index in [1.54, 1.807) is 13.0 Å². The van der Waals surface area contributed by atoms with Gasteiger partial charge in [0.25, 0.3) is 0 Å². The maximum atomic E-state index is 12.3. The predicted molar refractivity (Wildman–Crippen MR) is 108 cm³/mol. The van der Waals surface area contributed by atoms with E-state index in [1.165, 1.54) is 6.92 Å². The number of Topliss-reactive ketones (excluding diaryl/α,β-unsaturated/α-hetero) is 1. The maximum absolute atomic E-state index is 12.3. The second-order valence-corrected chi connectivity index (χ2v) is 7.60. The number of carbonyl (C=O) groups is 2. The van der Waals surface area contributed by atoms with Gasteiger partial charge in [-0.1, -0.05) is 49.8 Å². The molecule has 2 aliphatic rings. The third-order valence-electron chi connectivity index (χ3n) is 4.75. The summed E-state index contributed by atoms with van der Waals surface area (Å²) in [6.45, 7) is 9.03. The number of hydrogen-bond donors (Lipinski definition) is 1. The lowest BCUT2D eigenvalue weighted by atomic mass is 9.71. The van der Waals surface area contributed by atoms with Gasteiger partial charge in [0.1, 0.15) is 0 Å². The summed E-state index contributed by atoms with van der Waals surface area (Å²) in [5.41, 5.74) is 2.25. The highest BCUT2D eigenvalue weighted by Gasteiger charge is 2.39. The van der Waals surface area contributed by atoms with E-state index in [1.807, 2.05) is 57.2 Å². The molecule has 1 aromatic carbocycles. The monoisotopic (exact) mass is 384 g/mol. The van der Waals surface area contributed by atoms with E-state index in [0.717, 1.165) is 22.6 Å². The first-order valence-corrected chi connectivity index (χ1v) is 9.31. The molecule has 0 radical (unpaired) electrons. The Morgan fingerprint density at radius 2 is 1.89 bits per heavy atom. The van der Waals surface area contributed by atoms with Crippen molar-refractivity contribution >= 4 is 11.8 Å². The van der Waals surface area contributed by atoms with Gasteiger partial charge in [-0.25, -0.2) is 0 Å². The molecule has 0 fully saturated rings. The van der Waals surface area contributed by atoms with Crippen molar-refractivity contribution < 1.29 is 24.2 Å². The van der Waals surface area contributed by atoms with Crippen LogP contribution in [-0.4, -0.2) is 29.6 Å².